The molecule has 0 unspecified atom stereocenters. The van der Waals surface area contributed by atoms with Crippen LogP contribution in [0.5, 0.6) is 0 Å². The highest BCUT2D eigenvalue weighted by molar-refractivity contribution is 6.70. The summed E-state index contributed by atoms with van der Waals surface area (Å²) < 4.78 is 2.11. The molecule has 0 saturated carbocycles. The lowest BCUT2D eigenvalue weighted by Crippen LogP contribution is -2.34. The van der Waals surface area contributed by atoms with Crippen molar-refractivity contribution < 1.29 is 0 Å². The topological polar surface area (TPSA) is 17.8 Å². The Labute approximate surface area is 75.1 Å². The van der Waals surface area contributed by atoms with Crippen LogP contribution >= 0.6 is 0 Å². The minimum atomic E-state index is 0.602. The highest BCUT2D eigenvalue weighted by Crippen LogP contribution is 2.00. The van der Waals surface area contributed by atoms with Crippen molar-refractivity contribution in [3.8, 4) is 0 Å². The third-order valence-electron chi connectivity index (χ3n) is 2.29. The molecule has 0 aliphatic carbocycles. The van der Waals surface area contributed by atoms with Crippen LogP contribution in [0.25, 0.3) is 0 Å². The maximum atomic E-state index is 4.33. The van der Waals surface area contributed by atoms with E-state index in [4.69, 9.17) is 0 Å². The zero-order valence-electron chi connectivity index (χ0n) is 8.25. The van der Waals surface area contributed by atoms with Crippen LogP contribution in [0, 0.1) is 0 Å². The predicted octanol–water partition coefficient (Wildman–Crippen LogP) is 1.55. The maximum absolute atomic E-state index is 4.33. The Balaban J connectivity index is 2.52. The molecular weight excluding hydrogens is 147 g/mol. The standard InChI is InChI=1S/C9H17BN2/c1-4-5-6-10(2)9-11-7-8-12(9)3/h7-8H,4-6H2,1-3H3. The molecular formula is C9H17BN2. The van der Waals surface area contributed by atoms with Gasteiger partial charge in [-0.05, 0) is 0 Å². The van der Waals surface area contributed by atoms with Crippen molar-refractivity contribution in [3.63, 3.8) is 0 Å². The summed E-state index contributed by atoms with van der Waals surface area (Å²) in [6.45, 7) is 5.08. The molecule has 0 bridgehead atoms. The molecule has 0 atom stereocenters. The molecule has 0 spiro atoms. The lowest BCUT2D eigenvalue weighted by molar-refractivity contribution is 0.870. The third-order valence-corrected chi connectivity index (χ3v) is 2.29. The van der Waals surface area contributed by atoms with Gasteiger partial charge in [0.2, 0.25) is 6.71 Å². The summed E-state index contributed by atoms with van der Waals surface area (Å²) in [6.07, 6.45) is 7.71. The van der Waals surface area contributed by atoms with E-state index < -0.39 is 0 Å². The van der Waals surface area contributed by atoms with E-state index in [2.05, 4.69) is 30.3 Å². The number of rotatable bonds is 4. The van der Waals surface area contributed by atoms with Gasteiger partial charge in [-0.3, -0.25) is 4.98 Å². The summed E-state index contributed by atoms with van der Waals surface area (Å²) in [4.78, 5) is 4.33. The molecule has 0 N–H and O–H groups in total. The van der Waals surface area contributed by atoms with Gasteiger partial charge in [0.1, 0.15) is 0 Å². The number of hydrogen-bond acceptors (Lipinski definition) is 1. The fourth-order valence-corrected chi connectivity index (χ4v) is 1.49. The van der Waals surface area contributed by atoms with Crippen LogP contribution in [0.15, 0.2) is 12.4 Å². The number of imidazole rings is 1. The Kier molecular flexibility index (Phi) is 3.38. The second-order valence-electron chi connectivity index (χ2n) is 3.44. The van der Waals surface area contributed by atoms with E-state index in [1.54, 1.807) is 0 Å². The number of unbranched alkanes of at least 4 members (excludes halogenated alkanes) is 1. The van der Waals surface area contributed by atoms with Gasteiger partial charge in [-0.2, -0.15) is 0 Å². The van der Waals surface area contributed by atoms with Crippen molar-refractivity contribution in [2.45, 2.75) is 32.9 Å². The Morgan fingerprint density at radius 1 is 1.58 bits per heavy atom. The monoisotopic (exact) mass is 164 g/mol. The fourth-order valence-electron chi connectivity index (χ4n) is 1.49. The molecule has 0 saturated heterocycles. The van der Waals surface area contributed by atoms with Crippen molar-refractivity contribution in [2.75, 3.05) is 0 Å². The molecule has 1 rings (SSSR count). The normalized spacial score (nSPS) is 10.2. The van der Waals surface area contributed by atoms with Gasteiger partial charge in [-0.1, -0.05) is 32.9 Å². The first-order chi connectivity index (χ1) is 5.75. The number of nitrogens with zero attached hydrogens (tertiary/aromatic N) is 2. The number of aromatic nitrogens is 2. The molecule has 2 nitrogen and oxygen atoms in total. The van der Waals surface area contributed by atoms with Gasteiger partial charge in [-0.25, -0.2) is 0 Å². The lowest BCUT2D eigenvalue weighted by atomic mass is 9.48. The highest BCUT2D eigenvalue weighted by atomic mass is 15.0. The summed E-state index contributed by atoms with van der Waals surface area (Å²) in [5, 5.41) is 0. The molecule has 0 radical (unpaired) electrons. The van der Waals surface area contributed by atoms with Gasteiger partial charge in [0.05, 0.1) is 5.72 Å². The summed E-state index contributed by atoms with van der Waals surface area (Å²) >= 11 is 0. The molecule has 1 heterocycles. The molecule has 3 heteroatoms. The third kappa shape index (κ3) is 2.13. The van der Waals surface area contributed by atoms with E-state index in [1.807, 2.05) is 12.4 Å². The Bertz CT molecular complexity index is 232. The minimum absolute atomic E-state index is 0.602. The van der Waals surface area contributed by atoms with Crippen LogP contribution in [0.4, 0.5) is 0 Å². The summed E-state index contributed by atoms with van der Waals surface area (Å²) in [5.41, 5.74) is 1.21. The molecule has 0 amide bonds. The minimum Gasteiger partial charge on any atom is -0.346 e. The molecule has 0 aliphatic rings. The van der Waals surface area contributed by atoms with Crippen molar-refractivity contribution >= 4 is 12.4 Å². The van der Waals surface area contributed by atoms with E-state index in [-0.39, 0.29) is 0 Å². The van der Waals surface area contributed by atoms with Crippen LogP contribution in [0.2, 0.25) is 13.1 Å². The molecule has 66 valence electrons. The zero-order chi connectivity index (χ0) is 8.97. The predicted molar refractivity (Wildman–Crippen MR) is 54.2 cm³/mol. The van der Waals surface area contributed by atoms with Gasteiger partial charge in [0.25, 0.3) is 0 Å². The second-order valence-corrected chi connectivity index (χ2v) is 3.44. The summed E-state index contributed by atoms with van der Waals surface area (Å²) in [5.74, 6) is 0. The first-order valence-corrected chi connectivity index (χ1v) is 4.73. The van der Waals surface area contributed by atoms with Crippen molar-refractivity contribution in [1.29, 1.82) is 0 Å². The van der Waals surface area contributed by atoms with Gasteiger partial charge in [0, 0.05) is 19.4 Å². The molecule has 0 aromatic carbocycles. The molecule has 1 aromatic rings. The van der Waals surface area contributed by atoms with Crippen LogP contribution in [-0.4, -0.2) is 16.3 Å². The van der Waals surface area contributed by atoms with Crippen LogP contribution in [-0.2, 0) is 7.05 Å². The van der Waals surface area contributed by atoms with E-state index >= 15 is 0 Å². The Morgan fingerprint density at radius 3 is 2.83 bits per heavy atom. The molecule has 12 heavy (non-hydrogen) atoms. The Morgan fingerprint density at radius 2 is 2.33 bits per heavy atom. The van der Waals surface area contributed by atoms with Gasteiger partial charge in [-0.15, -0.1) is 0 Å². The van der Waals surface area contributed by atoms with Crippen LogP contribution < -0.4 is 5.72 Å². The van der Waals surface area contributed by atoms with Crippen molar-refractivity contribution in [2.24, 2.45) is 7.05 Å². The van der Waals surface area contributed by atoms with E-state index in [0.29, 0.717) is 6.71 Å². The fraction of sp³-hybridized carbons (Fsp3) is 0.667. The van der Waals surface area contributed by atoms with E-state index in [9.17, 15) is 0 Å². The van der Waals surface area contributed by atoms with E-state index in [1.165, 1.54) is 24.9 Å². The molecule has 0 fully saturated rings. The Hall–Kier alpha value is -0.725. The summed E-state index contributed by atoms with van der Waals surface area (Å²) in [7, 11) is 2.06. The maximum Gasteiger partial charge on any atom is 0.219 e. The highest BCUT2D eigenvalue weighted by Gasteiger charge is 2.13. The average Bonchev–Trinajstić information content (AvgIpc) is 2.47. The van der Waals surface area contributed by atoms with Crippen LogP contribution in [0.1, 0.15) is 19.8 Å². The molecule has 0 aliphatic heterocycles. The quantitative estimate of drug-likeness (QED) is 0.617. The van der Waals surface area contributed by atoms with Crippen molar-refractivity contribution in [1.82, 2.24) is 9.55 Å². The smallest absolute Gasteiger partial charge is 0.219 e. The summed E-state index contributed by atoms with van der Waals surface area (Å²) in [6, 6.07) is 0. The van der Waals surface area contributed by atoms with Gasteiger partial charge >= 0.3 is 0 Å². The first-order valence-electron chi connectivity index (χ1n) is 4.73. The van der Waals surface area contributed by atoms with E-state index in [0.717, 1.165) is 0 Å². The first kappa shape index (κ1) is 9.36. The van der Waals surface area contributed by atoms with Crippen molar-refractivity contribution in [3.05, 3.63) is 12.4 Å². The average molecular weight is 164 g/mol. The lowest BCUT2D eigenvalue weighted by Gasteiger charge is -2.06. The van der Waals surface area contributed by atoms with Gasteiger partial charge in [0.15, 0.2) is 0 Å². The number of hydrogen-bond donors (Lipinski definition) is 0. The zero-order valence-corrected chi connectivity index (χ0v) is 8.25. The van der Waals surface area contributed by atoms with Crippen LogP contribution in [0.3, 0.4) is 0 Å². The second kappa shape index (κ2) is 4.34. The largest absolute Gasteiger partial charge is 0.346 e. The van der Waals surface area contributed by atoms with Gasteiger partial charge < -0.3 is 4.57 Å². The SMILES string of the molecule is CCCCB(C)c1nccn1C. The number of aryl methyl sites for hydroxylation is 1. The molecule has 1 aromatic heterocycles.